The third-order valence-electron chi connectivity index (χ3n) is 9.66. The fourth-order valence-electron chi connectivity index (χ4n) is 7.10. The summed E-state index contributed by atoms with van der Waals surface area (Å²) >= 11 is 1.93. The van der Waals surface area contributed by atoms with Gasteiger partial charge in [-0.05, 0) is 85.8 Å². The fourth-order valence-corrected chi connectivity index (χ4v) is 8.41. The molecule has 0 saturated heterocycles. The average molecular weight is 651 g/mol. The van der Waals surface area contributed by atoms with Crippen molar-refractivity contribution in [3.63, 3.8) is 0 Å². The zero-order valence-corrected chi connectivity index (χ0v) is 28.2. The van der Waals surface area contributed by atoms with Gasteiger partial charge >= 0.3 is 0 Å². The SMILES string of the molecule is NC(c1ccccc1)c1ccc(-c2ccccc2)cc1.NCc1cccc(-c2ccc3c(c2)sc2c4c(c5ccccc5c23)CCC=C4)c1. The Labute approximate surface area is 292 Å². The summed E-state index contributed by atoms with van der Waals surface area (Å²) in [5.41, 5.74) is 23.5. The Morgan fingerprint density at radius 2 is 1.20 bits per heavy atom. The maximum absolute atomic E-state index is 6.31. The van der Waals surface area contributed by atoms with E-state index in [1.807, 2.05) is 35.6 Å². The molecule has 1 unspecified atom stereocenters. The highest BCUT2D eigenvalue weighted by Crippen LogP contribution is 2.45. The van der Waals surface area contributed by atoms with Crippen molar-refractivity contribution in [1.29, 1.82) is 0 Å². The second-order valence-corrected chi connectivity index (χ2v) is 13.7. The molecular formula is C46H38N2S. The van der Waals surface area contributed by atoms with Gasteiger partial charge in [-0.3, -0.25) is 0 Å². The van der Waals surface area contributed by atoms with Crippen molar-refractivity contribution in [3.05, 3.63) is 186 Å². The third kappa shape index (κ3) is 6.09. The zero-order chi connectivity index (χ0) is 33.2. The molecule has 4 N–H and O–H groups in total. The number of benzene rings is 7. The van der Waals surface area contributed by atoms with Crippen LogP contribution in [-0.4, -0.2) is 0 Å². The Morgan fingerprint density at radius 3 is 1.98 bits per heavy atom. The normalized spacial score (nSPS) is 12.9. The Morgan fingerprint density at radius 1 is 0.571 bits per heavy atom. The summed E-state index contributed by atoms with van der Waals surface area (Å²) in [5.74, 6) is 0. The molecule has 3 heteroatoms. The van der Waals surface area contributed by atoms with Crippen molar-refractivity contribution in [2.75, 3.05) is 0 Å². The number of thiophene rings is 1. The van der Waals surface area contributed by atoms with E-state index in [2.05, 4.69) is 140 Å². The molecule has 9 rings (SSSR count). The number of fused-ring (bicyclic) bond motifs is 8. The van der Waals surface area contributed by atoms with Crippen molar-refractivity contribution >= 4 is 48.4 Å². The van der Waals surface area contributed by atoms with Crippen LogP contribution in [0.1, 0.15) is 40.3 Å². The minimum Gasteiger partial charge on any atom is -0.326 e. The zero-order valence-electron chi connectivity index (χ0n) is 27.4. The average Bonchev–Trinajstić information content (AvgIpc) is 3.58. The standard InChI is InChI=1S/C27H21NS.C19H17N/c28-16-17-6-5-7-18(14-17)19-12-13-24-25(15-19)29-27-23-11-4-2-9-21(23)20-8-1-3-10-22(20)26(24)27;20-19(17-9-5-2-6-10-17)18-13-11-16(12-14-18)15-7-3-1-4-8-15/h1,3-8,10-15H,2,9,16,28H2;1-14,19H,20H2. The molecule has 0 amide bonds. The third-order valence-corrected chi connectivity index (χ3v) is 10.8. The van der Waals surface area contributed by atoms with Gasteiger partial charge in [-0.1, -0.05) is 152 Å². The number of hydrogen-bond acceptors (Lipinski definition) is 3. The van der Waals surface area contributed by atoms with Crippen LogP contribution < -0.4 is 11.5 Å². The van der Waals surface area contributed by atoms with Crippen LogP contribution in [0.4, 0.5) is 0 Å². The highest BCUT2D eigenvalue weighted by Gasteiger charge is 2.18. The lowest BCUT2D eigenvalue weighted by atomic mass is 9.89. The van der Waals surface area contributed by atoms with E-state index in [1.54, 1.807) is 0 Å². The van der Waals surface area contributed by atoms with Crippen molar-refractivity contribution in [2.24, 2.45) is 11.5 Å². The van der Waals surface area contributed by atoms with Gasteiger partial charge in [0.25, 0.3) is 0 Å². The first-order valence-electron chi connectivity index (χ1n) is 17.0. The minimum atomic E-state index is -0.0685. The van der Waals surface area contributed by atoms with Gasteiger partial charge in [0, 0.05) is 26.7 Å². The molecule has 7 aromatic carbocycles. The quantitative estimate of drug-likeness (QED) is 0.195. The lowest BCUT2D eigenvalue weighted by Crippen LogP contribution is -2.11. The van der Waals surface area contributed by atoms with E-state index in [1.165, 1.54) is 69.9 Å². The smallest absolute Gasteiger partial charge is 0.0551 e. The van der Waals surface area contributed by atoms with Gasteiger partial charge in [-0.2, -0.15) is 0 Å². The van der Waals surface area contributed by atoms with E-state index in [4.69, 9.17) is 11.5 Å². The maximum atomic E-state index is 6.31. The van der Waals surface area contributed by atoms with Gasteiger partial charge in [-0.25, -0.2) is 0 Å². The van der Waals surface area contributed by atoms with E-state index in [-0.39, 0.29) is 6.04 Å². The van der Waals surface area contributed by atoms with Gasteiger partial charge in [0.05, 0.1) is 6.04 Å². The van der Waals surface area contributed by atoms with Gasteiger partial charge in [0.2, 0.25) is 0 Å². The molecule has 2 nitrogen and oxygen atoms in total. The Bertz CT molecular complexity index is 2420. The van der Waals surface area contributed by atoms with Crippen molar-refractivity contribution in [3.8, 4) is 22.3 Å². The Hall–Kier alpha value is -5.32. The van der Waals surface area contributed by atoms with Crippen LogP contribution in [0.15, 0.2) is 158 Å². The Balaban J connectivity index is 0.000000153. The topological polar surface area (TPSA) is 52.0 Å². The molecular weight excluding hydrogens is 613 g/mol. The predicted molar refractivity (Wildman–Crippen MR) is 212 cm³/mol. The molecule has 238 valence electrons. The van der Waals surface area contributed by atoms with E-state index in [0.29, 0.717) is 6.54 Å². The van der Waals surface area contributed by atoms with E-state index in [9.17, 15) is 0 Å². The second-order valence-electron chi connectivity index (χ2n) is 12.7. The summed E-state index contributed by atoms with van der Waals surface area (Å²) in [7, 11) is 0. The molecule has 0 radical (unpaired) electrons. The number of nitrogens with two attached hydrogens (primary N) is 2. The monoisotopic (exact) mass is 650 g/mol. The van der Waals surface area contributed by atoms with E-state index in [0.717, 1.165) is 24.0 Å². The Kier molecular flexibility index (Phi) is 8.63. The number of rotatable bonds is 5. The van der Waals surface area contributed by atoms with Gasteiger partial charge in [0.15, 0.2) is 0 Å². The number of hydrogen-bond donors (Lipinski definition) is 2. The maximum Gasteiger partial charge on any atom is 0.0551 e. The summed E-state index contributed by atoms with van der Waals surface area (Å²) in [6.07, 6.45) is 6.93. The number of aryl methyl sites for hydroxylation is 1. The molecule has 1 atom stereocenters. The molecule has 1 aliphatic rings. The summed E-state index contributed by atoms with van der Waals surface area (Å²) in [6, 6.07) is 53.4. The first kappa shape index (κ1) is 31.0. The van der Waals surface area contributed by atoms with Crippen molar-refractivity contribution < 1.29 is 0 Å². The van der Waals surface area contributed by atoms with Crippen LogP contribution in [0.2, 0.25) is 0 Å². The molecule has 1 aliphatic carbocycles. The van der Waals surface area contributed by atoms with E-state index < -0.39 is 0 Å². The van der Waals surface area contributed by atoms with Gasteiger partial charge < -0.3 is 11.5 Å². The summed E-state index contributed by atoms with van der Waals surface area (Å²) in [4.78, 5) is 0. The summed E-state index contributed by atoms with van der Waals surface area (Å²) in [5, 5.41) is 5.58. The van der Waals surface area contributed by atoms with Gasteiger partial charge in [-0.15, -0.1) is 11.3 Å². The molecule has 0 bridgehead atoms. The van der Waals surface area contributed by atoms with Crippen LogP contribution >= 0.6 is 11.3 Å². The van der Waals surface area contributed by atoms with Gasteiger partial charge in [0.1, 0.15) is 0 Å². The molecule has 1 heterocycles. The van der Waals surface area contributed by atoms with Crippen LogP contribution in [0.5, 0.6) is 0 Å². The molecule has 49 heavy (non-hydrogen) atoms. The molecule has 0 saturated carbocycles. The first-order chi connectivity index (χ1) is 24.2. The lowest BCUT2D eigenvalue weighted by molar-refractivity contribution is 0.872. The van der Waals surface area contributed by atoms with Crippen LogP contribution in [0, 0.1) is 0 Å². The van der Waals surface area contributed by atoms with E-state index >= 15 is 0 Å². The highest BCUT2D eigenvalue weighted by atomic mass is 32.1. The lowest BCUT2D eigenvalue weighted by Gasteiger charge is -2.15. The highest BCUT2D eigenvalue weighted by molar-refractivity contribution is 7.26. The minimum absolute atomic E-state index is 0.0685. The second kappa shape index (κ2) is 13.7. The fraction of sp³-hybridized carbons (Fsp3) is 0.0870. The molecule has 0 spiro atoms. The molecule has 1 aromatic heterocycles. The molecule has 0 fully saturated rings. The summed E-state index contributed by atoms with van der Waals surface area (Å²) < 4.78 is 2.78. The van der Waals surface area contributed by atoms with Crippen molar-refractivity contribution in [1.82, 2.24) is 0 Å². The predicted octanol–water partition coefficient (Wildman–Crippen LogP) is 11.7. The first-order valence-corrected chi connectivity index (χ1v) is 17.8. The summed E-state index contributed by atoms with van der Waals surface area (Å²) in [6.45, 7) is 0.573. The molecule has 8 aromatic rings. The largest absolute Gasteiger partial charge is 0.326 e. The molecule has 0 aliphatic heterocycles. The van der Waals surface area contributed by atoms with Crippen LogP contribution in [-0.2, 0) is 13.0 Å². The van der Waals surface area contributed by atoms with Crippen molar-refractivity contribution in [2.45, 2.75) is 25.4 Å². The van der Waals surface area contributed by atoms with Crippen LogP contribution in [0.25, 0.3) is 59.3 Å². The van der Waals surface area contributed by atoms with Crippen LogP contribution in [0.3, 0.4) is 0 Å². The number of allylic oxidation sites excluding steroid dienone is 1.